The zero-order valence-electron chi connectivity index (χ0n) is 15.1. The molecule has 4 rings (SSSR count). The number of nitrogens with one attached hydrogen (secondary N) is 1. The first-order valence-electron chi connectivity index (χ1n) is 8.89. The molecule has 27 heavy (non-hydrogen) atoms. The first-order valence-corrected chi connectivity index (χ1v) is 8.89. The number of aromatic nitrogens is 2. The van der Waals surface area contributed by atoms with E-state index in [9.17, 15) is 9.59 Å². The molecule has 0 saturated carbocycles. The van der Waals surface area contributed by atoms with Crippen LogP contribution in [0, 0.1) is 0 Å². The number of hydrogen-bond acceptors (Lipinski definition) is 3. The van der Waals surface area contributed by atoms with E-state index in [0.717, 1.165) is 28.9 Å². The minimum atomic E-state index is -0.157. The maximum Gasteiger partial charge on any atom is 0.255 e. The standard InChI is InChI=1S/C21H20N4O2/c1-15(26)25-11-8-17-13-18(6-7-20(17)25)21(27)23-19-5-2-4-16(12-19)14-24-10-3-9-22-24/h2-7,9-10,12-13H,8,11,14H2,1H3,(H,23,27). The van der Waals surface area contributed by atoms with E-state index in [4.69, 9.17) is 0 Å². The lowest BCUT2D eigenvalue weighted by molar-refractivity contribution is -0.116. The molecular formula is C21H20N4O2. The highest BCUT2D eigenvalue weighted by molar-refractivity contribution is 6.05. The number of rotatable bonds is 4. The Bertz CT molecular complexity index is 995. The number of benzene rings is 2. The zero-order chi connectivity index (χ0) is 18.8. The summed E-state index contributed by atoms with van der Waals surface area (Å²) in [4.78, 5) is 26.0. The first kappa shape index (κ1) is 17.0. The lowest BCUT2D eigenvalue weighted by Gasteiger charge is -2.15. The van der Waals surface area contributed by atoms with Gasteiger partial charge in [0.25, 0.3) is 5.91 Å². The fraction of sp³-hybridized carbons (Fsp3) is 0.190. The van der Waals surface area contributed by atoms with Crippen molar-refractivity contribution in [3.8, 4) is 0 Å². The predicted molar refractivity (Wildman–Crippen MR) is 104 cm³/mol. The van der Waals surface area contributed by atoms with Crippen LogP contribution in [0.2, 0.25) is 0 Å². The molecule has 6 heteroatoms. The van der Waals surface area contributed by atoms with Crippen molar-refractivity contribution in [3.63, 3.8) is 0 Å². The largest absolute Gasteiger partial charge is 0.322 e. The van der Waals surface area contributed by atoms with Gasteiger partial charge in [-0.1, -0.05) is 12.1 Å². The monoisotopic (exact) mass is 360 g/mol. The van der Waals surface area contributed by atoms with Crippen molar-refractivity contribution in [2.24, 2.45) is 0 Å². The Morgan fingerprint density at radius 3 is 2.81 bits per heavy atom. The molecule has 2 aromatic carbocycles. The average Bonchev–Trinajstić information content (AvgIpc) is 3.30. The van der Waals surface area contributed by atoms with Crippen LogP contribution in [0.4, 0.5) is 11.4 Å². The molecule has 0 bridgehead atoms. The van der Waals surface area contributed by atoms with E-state index < -0.39 is 0 Å². The maximum absolute atomic E-state index is 12.6. The average molecular weight is 360 g/mol. The quantitative estimate of drug-likeness (QED) is 0.777. The third-order valence-corrected chi connectivity index (χ3v) is 4.71. The van der Waals surface area contributed by atoms with Crippen LogP contribution < -0.4 is 10.2 Å². The topological polar surface area (TPSA) is 67.2 Å². The van der Waals surface area contributed by atoms with Crippen molar-refractivity contribution >= 4 is 23.2 Å². The Kier molecular flexibility index (Phi) is 4.46. The summed E-state index contributed by atoms with van der Waals surface area (Å²) in [6, 6.07) is 15.1. The van der Waals surface area contributed by atoms with Crippen molar-refractivity contribution in [1.82, 2.24) is 9.78 Å². The number of carbonyl (C=O) groups excluding carboxylic acids is 2. The third kappa shape index (κ3) is 3.60. The van der Waals surface area contributed by atoms with E-state index in [1.807, 2.05) is 53.3 Å². The SMILES string of the molecule is CC(=O)N1CCc2cc(C(=O)Nc3cccc(Cn4cccn4)c3)ccc21. The fourth-order valence-electron chi connectivity index (χ4n) is 3.40. The van der Waals surface area contributed by atoms with Gasteiger partial charge in [0.1, 0.15) is 0 Å². The highest BCUT2D eigenvalue weighted by Crippen LogP contribution is 2.29. The third-order valence-electron chi connectivity index (χ3n) is 4.71. The molecule has 136 valence electrons. The summed E-state index contributed by atoms with van der Waals surface area (Å²) in [7, 11) is 0. The zero-order valence-corrected chi connectivity index (χ0v) is 15.1. The second-order valence-electron chi connectivity index (χ2n) is 6.62. The van der Waals surface area contributed by atoms with E-state index in [1.165, 1.54) is 0 Å². The lowest BCUT2D eigenvalue weighted by atomic mass is 10.1. The molecule has 0 saturated heterocycles. The van der Waals surface area contributed by atoms with Crippen LogP contribution in [0.1, 0.15) is 28.4 Å². The van der Waals surface area contributed by atoms with Crippen molar-refractivity contribution in [3.05, 3.63) is 77.6 Å². The van der Waals surface area contributed by atoms with E-state index in [0.29, 0.717) is 18.7 Å². The summed E-state index contributed by atoms with van der Waals surface area (Å²) in [5, 5.41) is 7.16. The summed E-state index contributed by atoms with van der Waals surface area (Å²) >= 11 is 0. The van der Waals surface area contributed by atoms with E-state index in [1.54, 1.807) is 24.1 Å². The lowest BCUT2D eigenvalue weighted by Crippen LogP contribution is -2.25. The van der Waals surface area contributed by atoms with Gasteiger partial charge < -0.3 is 10.2 Å². The minimum Gasteiger partial charge on any atom is -0.322 e. The maximum atomic E-state index is 12.6. The Balaban J connectivity index is 1.49. The Hall–Kier alpha value is -3.41. The molecule has 1 aromatic heterocycles. The van der Waals surface area contributed by atoms with Gasteiger partial charge in [0, 0.05) is 42.8 Å². The summed E-state index contributed by atoms with van der Waals surface area (Å²) in [5.74, 6) is -0.129. The first-order chi connectivity index (χ1) is 13.1. The molecule has 0 radical (unpaired) electrons. The number of hydrogen-bond donors (Lipinski definition) is 1. The van der Waals surface area contributed by atoms with Gasteiger partial charge >= 0.3 is 0 Å². The molecule has 6 nitrogen and oxygen atoms in total. The number of amides is 2. The summed E-state index contributed by atoms with van der Waals surface area (Å²) in [6.45, 7) is 2.88. The second-order valence-corrected chi connectivity index (χ2v) is 6.62. The van der Waals surface area contributed by atoms with Gasteiger partial charge in [0.05, 0.1) is 6.54 Å². The summed E-state index contributed by atoms with van der Waals surface area (Å²) < 4.78 is 1.84. The van der Waals surface area contributed by atoms with E-state index in [-0.39, 0.29) is 11.8 Å². The van der Waals surface area contributed by atoms with Gasteiger partial charge in [-0.15, -0.1) is 0 Å². The second kappa shape index (κ2) is 7.07. The van der Waals surface area contributed by atoms with Gasteiger partial charge in [0.2, 0.25) is 5.91 Å². The fourth-order valence-corrected chi connectivity index (χ4v) is 3.40. The minimum absolute atomic E-state index is 0.0277. The predicted octanol–water partition coefficient (Wildman–Crippen LogP) is 3.09. The Morgan fingerprint density at radius 1 is 1.15 bits per heavy atom. The molecule has 3 aromatic rings. The van der Waals surface area contributed by atoms with Gasteiger partial charge in [-0.2, -0.15) is 5.10 Å². The van der Waals surface area contributed by atoms with Gasteiger partial charge in [-0.25, -0.2) is 0 Å². The Labute approximate surface area is 157 Å². The van der Waals surface area contributed by atoms with Crippen LogP contribution in [-0.2, 0) is 17.8 Å². The molecule has 0 aliphatic carbocycles. The molecule has 1 aliphatic rings. The van der Waals surface area contributed by atoms with E-state index >= 15 is 0 Å². The molecule has 1 N–H and O–H groups in total. The highest BCUT2D eigenvalue weighted by Gasteiger charge is 2.23. The molecule has 0 unspecified atom stereocenters. The van der Waals surface area contributed by atoms with Crippen molar-refractivity contribution < 1.29 is 9.59 Å². The van der Waals surface area contributed by atoms with Crippen LogP contribution in [0.3, 0.4) is 0 Å². The molecule has 0 fully saturated rings. The van der Waals surface area contributed by atoms with Crippen LogP contribution >= 0.6 is 0 Å². The highest BCUT2D eigenvalue weighted by atomic mass is 16.2. The van der Waals surface area contributed by atoms with Crippen LogP contribution in [0.25, 0.3) is 0 Å². The summed E-state index contributed by atoms with van der Waals surface area (Å²) in [5.41, 5.74) is 4.33. The molecule has 2 heterocycles. The number of nitrogens with zero attached hydrogens (tertiary/aromatic N) is 3. The molecule has 0 atom stereocenters. The van der Waals surface area contributed by atoms with Crippen molar-refractivity contribution in [2.45, 2.75) is 19.9 Å². The Morgan fingerprint density at radius 2 is 2.04 bits per heavy atom. The molecule has 2 amide bonds. The van der Waals surface area contributed by atoms with E-state index in [2.05, 4.69) is 10.4 Å². The normalized spacial score (nSPS) is 12.7. The van der Waals surface area contributed by atoms with Crippen LogP contribution in [-0.4, -0.2) is 28.1 Å². The van der Waals surface area contributed by atoms with Gasteiger partial charge in [-0.3, -0.25) is 14.3 Å². The number of fused-ring (bicyclic) bond motifs is 1. The molecule has 0 spiro atoms. The smallest absolute Gasteiger partial charge is 0.255 e. The summed E-state index contributed by atoms with van der Waals surface area (Å²) in [6.07, 6.45) is 4.42. The molecule has 1 aliphatic heterocycles. The van der Waals surface area contributed by atoms with Gasteiger partial charge in [0.15, 0.2) is 0 Å². The van der Waals surface area contributed by atoms with Crippen molar-refractivity contribution in [2.75, 3.05) is 16.8 Å². The van der Waals surface area contributed by atoms with Crippen LogP contribution in [0.15, 0.2) is 60.9 Å². The number of anilines is 2. The number of carbonyl (C=O) groups is 2. The van der Waals surface area contributed by atoms with Crippen molar-refractivity contribution in [1.29, 1.82) is 0 Å². The molecular weight excluding hydrogens is 340 g/mol. The van der Waals surface area contributed by atoms with Gasteiger partial charge in [-0.05, 0) is 53.9 Å². The van der Waals surface area contributed by atoms with Crippen LogP contribution in [0.5, 0.6) is 0 Å².